The van der Waals surface area contributed by atoms with Gasteiger partial charge in [-0.2, -0.15) is 0 Å². The van der Waals surface area contributed by atoms with E-state index in [9.17, 15) is 9.18 Å². The number of hydrogen-bond acceptors (Lipinski definition) is 9. The highest BCUT2D eigenvalue weighted by molar-refractivity contribution is 7.11. The molecule has 6 rings (SSSR count). The molecule has 0 bridgehead atoms. The quantitative estimate of drug-likeness (QED) is 0.180. The zero-order chi connectivity index (χ0) is 32.9. The smallest absolute Gasteiger partial charge is 0.279 e. The SMILES string of the molecule is C=CC(=O)N1CCC(Oc2cc3c(Nc4ccc(Oc5nc(C6=C/C(F)=C(/C)CCC=C6)cs5)cc4F)ncnc3cc2OC)CC1. The van der Waals surface area contributed by atoms with E-state index in [0.717, 1.165) is 6.42 Å². The first-order valence-corrected chi connectivity index (χ1v) is 16.0. The number of amides is 1. The Bertz CT molecular complexity index is 1910. The van der Waals surface area contributed by atoms with Crippen molar-refractivity contribution in [1.29, 1.82) is 0 Å². The molecule has 1 fully saturated rings. The number of likely N-dealkylation sites (tertiary alicyclic amines) is 1. The van der Waals surface area contributed by atoms with Crippen molar-refractivity contribution in [3.8, 4) is 22.4 Å². The Kier molecular flexibility index (Phi) is 9.58. The summed E-state index contributed by atoms with van der Waals surface area (Å²) in [7, 11) is 1.55. The Morgan fingerprint density at radius 2 is 1.98 bits per heavy atom. The predicted molar refractivity (Wildman–Crippen MR) is 179 cm³/mol. The number of fused-ring (bicyclic) bond motifs is 1. The van der Waals surface area contributed by atoms with Crippen LogP contribution in [0.5, 0.6) is 22.4 Å². The van der Waals surface area contributed by atoms with Crippen molar-refractivity contribution in [3.05, 3.63) is 95.8 Å². The molecule has 0 saturated carbocycles. The van der Waals surface area contributed by atoms with Gasteiger partial charge in [0, 0.05) is 54.4 Å². The number of piperidine rings is 1. The van der Waals surface area contributed by atoms with Crippen LogP contribution in [-0.2, 0) is 4.79 Å². The minimum absolute atomic E-state index is 0.0923. The molecule has 2 aliphatic rings. The molecule has 0 atom stereocenters. The van der Waals surface area contributed by atoms with Gasteiger partial charge in [0.15, 0.2) is 11.5 Å². The number of allylic oxidation sites excluding steroid dienone is 6. The number of thiazole rings is 1. The van der Waals surface area contributed by atoms with Crippen LogP contribution in [0.4, 0.5) is 20.3 Å². The molecule has 1 aliphatic carbocycles. The van der Waals surface area contributed by atoms with E-state index < -0.39 is 5.82 Å². The second-order valence-corrected chi connectivity index (χ2v) is 11.9. The zero-order valence-corrected chi connectivity index (χ0v) is 26.8. The lowest BCUT2D eigenvalue weighted by atomic mass is 10.0. The number of methoxy groups -OCH3 is 1. The van der Waals surface area contributed by atoms with Crippen LogP contribution in [-0.4, -0.2) is 52.1 Å². The van der Waals surface area contributed by atoms with Crippen LogP contribution in [0.2, 0.25) is 0 Å². The Morgan fingerprint density at radius 3 is 2.74 bits per heavy atom. The summed E-state index contributed by atoms with van der Waals surface area (Å²) < 4.78 is 47.6. The molecule has 242 valence electrons. The highest BCUT2D eigenvalue weighted by Gasteiger charge is 2.24. The van der Waals surface area contributed by atoms with Gasteiger partial charge in [-0.05, 0) is 55.7 Å². The molecule has 1 saturated heterocycles. The standard InChI is InChI=1S/C35H33F2N5O4S/c1-4-33(43)42-13-11-23(12-14-42)45-32-17-25-29(18-31(32)44-3)38-20-39-34(25)40-28-10-9-24(16-27(28)37)46-35-41-30(19-47-35)22-8-6-5-7-21(2)26(36)15-22/h4,6,8-10,15-20,23H,1,5,7,11-14H2,2-3H3,(H,38,39,40)/b8-6?,22-15?,26-21+. The number of carbonyl (C=O) groups is 1. The number of benzene rings is 2. The first-order chi connectivity index (χ1) is 22.8. The van der Waals surface area contributed by atoms with Crippen LogP contribution >= 0.6 is 11.3 Å². The average Bonchev–Trinajstić information content (AvgIpc) is 3.54. The lowest BCUT2D eigenvalue weighted by molar-refractivity contribution is -0.127. The van der Waals surface area contributed by atoms with E-state index in [0.29, 0.717) is 82.6 Å². The number of halogens is 2. The van der Waals surface area contributed by atoms with Crippen LogP contribution in [0.25, 0.3) is 16.5 Å². The van der Waals surface area contributed by atoms with Crippen molar-refractivity contribution in [2.45, 2.75) is 38.7 Å². The lowest BCUT2D eigenvalue weighted by Crippen LogP contribution is -2.41. The second-order valence-electron chi connectivity index (χ2n) is 11.1. The third-order valence-corrected chi connectivity index (χ3v) is 8.71. The van der Waals surface area contributed by atoms with Gasteiger partial charge in [0.2, 0.25) is 5.91 Å². The predicted octanol–water partition coefficient (Wildman–Crippen LogP) is 8.30. The summed E-state index contributed by atoms with van der Waals surface area (Å²) in [4.78, 5) is 26.9. The molecule has 12 heteroatoms. The number of rotatable bonds is 9. The molecular formula is C35H33F2N5O4S. The fourth-order valence-electron chi connectivity index (χ4n) is 5.34. The maximum Gasteiger partial charge on any atom is 0.279 e. The Morgan fingerprint density at radius 1 is 1.15 bits per heavy atom. The summed E-state index contributed by atoms with van der Waals surface area (Å²) in [6.45, 7) is 6.47. The highest BCUT2D eigenvalue weighted by atomic mass is 32.1. The maximum absolute atomic E-state index is 15.4. The molecule has 2 aromatic heterocycles. The summed E-state index contributed by atoms with van der Waals surface area (Å²) in [5, 5.41) is 5.76. The highest BCUT2D eigenvalue weighted by Crippen LogP contribution is 2.37. The van der Waals surface area contributed by atoms with Crippen LogP contribution in [0, 0.1) is 5.82 Å². The molecular weight excluding hydrogens is 624 g/mol. The van der Waals surface area contributed by atoms with Crippen molar-refractivity contribution < 1.29 is 27.8 Å². The second kappa shape index (κ2) is 14.1. The third-order valence-electron chi connectivity index (χ3n) is 7.99. The zero-order valence-electron chi connectivity index (χ0n) is 26.0. The van der Waals surface area contributed by atoms with E-state index in [-0.39, 0.29) is 29.3 Å². The number of ether oxygens (including phenoxy) is 3. The summed E-state index contributed by atoms with van der Waals surface area (Å²) in [5.74, 6) is 0.718. The molecule has 47 heavy (non-hydrogen) atoms. The molecule has 4 aromatic rings. The van der Waals surface area contributed by atoms with Gasteiger partial charge in [-0.1, -0.05) is 30.1 Å². The number of aromatic nitrogens is 3. The largest absolute Gasteiger partial charge is 0.493 e. The summed E-state index contributed by atoms with van der Waals surface area (Å²) in [6.07, 6.45) is 10.6. The fraction of sp³-hybridized carbons (Fsp3) is 0.257. The van der Waals surface area contributed by atoms with Crippen LogP contribution in [0.1, 0.15) is 38.3 Å². The van der Waals surface area contributed by atoms with Crippen molar-refractivity contribution in [2.75, 3.05) is 25.5 Å². The summed E-state index contributed by atoms with van der Waals surface area (Å²) >= 11 is 1.24. The minimum atomic E-state index is -0.565. The monoisotopic (exact) mass is 657 g/mol. The van der Waals surface area contributed by atoms with Gasteiger partial charge >= 0.3 is 0 Å². The Balaban J connectivity index is 1.18. The van der Waals surface area contributed by atoms with E-state index in [2.05, 4.69) is 26.8 Å². The van der Waals surface area contributed by atoms with Crippen molar-refractivity contribution >= 4 is 45.2 Å². The number of carbonyl (C=O) groups excluding carboxylic acids is 1. The van der Waals surface area contributed by atoms with E-state index >= 15 is 4.39 Å². The molecule has 0 radical (unpaired) electrons. The number of nitrogens with one attached hydrogen (secondary N) is 1. The molecule has 1 N–H and O–H groups in total. The van der Waals surface area contributed by atoms with Gasteiger partial charge in [0.05, 0.1) is 24.0 Å². The van der Waals surface area contributed by atoms with Crippen molar-refractivity contribution in [3.63, 3.8) is 0 Å². The fourth-order valence-corrected chi connectivity index (χ4v) is 6.04. The van der Waals surface area contributed by atoms with Crippen LogP contribution < -0.4 is 19.5 Å². The van der Waals surface area contributed by atoms with E-state index in [1.165, 1.54) is 35.9 Å². The van der Waals surface area contributed by atoms with Gasteiger partial charge in [0.25, 0.3) is 5.19 Å². The normalized spacial score (nSPS) is 17.1. The van der Waals surface area contributed by atoms with Crippen molar-refractivity contribution in [1.82, 2.24) is 19.9 Å². The topological polar surface area (TPSA) is 98.7 Å². The molecule has 9 nitrogen and oxygen atoms in total. The summed E-state index contributed by atoms with van der Waals surface area (Å²) in [5.41, 5.74) is 2.68. The van der Waals surface area contributed by atoms with Gasteiger partial charge in [-0.3, -0.25) is 4.79 Å². The third kappa shape index (κ3) is 7.33. The molecule has 3 heterocycles. The van der Waals surface area contributed by atoms with E-state index in [1.807, 2.05) is 12.2 Å². The van der Waals surface area contributed by atoms with E-state index in [4.69, 9.17) is 14.2 Å². The molecule has 0 spiro atoms. The molecule has 1 aliphatic heterocycles. The van der Waals surface area contributed by atoms with Gasteiger partial charge < -0.3 is 24.4 Å². The van der Waals surface area contributed by atoms with Crippen molar-refractivity contribution in [2.24, 2.45) is 0 Å². The number of anilines is 2. The Hall–Kier alpha value is -5.10. The maximum atomic E-state index is 15.4. The first kappa shape index (κ1) is 31.9. The number of hydrogen-bond donors (Lipinski definition) is 1. The average molecular weight is 658 g/mol. The first-order valence-electron chi connectivity index (χ1n) is 15.2. The molecule has 0 unspecified atom stereocenters. The summed E-state index contributed by atoms with van der Waals surface area (Å²) in [6, 6.07) is 7.95. The van der Waals surface area contributed by atoms with Gasteiger partial charge in [-0.25, -0.2) is 23.7 Å². The van der Waals surface area contributed by atoms with Gasteiger partial charge in [-0.15, -0.1) is 0 Å². The van der Waals surface area contributed by atoms with Crippen LogP contribution in [0.15, 0.2) is 84.3 Å². The Labute approximate surface area is 274 Å². The lowest BCUT2D eigenvalue weighted by Gasteiger charge is -2.31. The van der Waals surface area contributed by atoms with Crippen LogP contribution in [0.3, 0.4) is 0 Å². The van der Waals surface area contributed by atoms with E-state index in [1.54, 1.807) is 48.6 Å². The number of nitrogens with zero attached hydrogens (tertiary/aromatic N) is 4. The minimum Gasteiger partial charge on any atom is -0.493 e. The molecule has 1 amide bonds. The molecule has 2 aromatic carbocycles. The van der Waals surface area contributed by atoms with Gasteiger partial charge in [0.1, 0.15) is 35.6 Å².